The van der Waals surface area contributed by atoms with Crippen molar-refractivity contribution >= 4 is 23.1 Å². The highest BCUT2D eigenvalue weighted by molar-refractivity contribution is 7.11. The molecule has 0 aliphatic heterocycles. The number of aromatic nitrogens is 2. The van der Waals surface area contributed by atoms with Crippen molar-refractivity contribution in [3.05, 3.63) is 40.0 Å². The second-order valence-electron chi connectivity index (χ2n) is 4.86. The largest absolute Gasteiger partial charge is 0.383 e. The highest BCUT2D eigenvalue weighted by Crippen LogP contribution is 2.22. The fourth-order valence-corrected chi connectivity index (χ4v) is 2.61. The molecule has 1 unspecified atom stereocenters. The summed E-state index contributed by atoms with van der Waals surface area (Å²) >= 11 is 1.66. The van der Waals surface area contributed by atoms with Gasteiger partial charge in [0.05, 0.1) is 18.2 Å². The van der Waals surface area contributed by atoms with Gasteiger partial charge in [-0.2, -0.15) is 0 Å². The molecule has 0 aliphatic rings. The highest BCUT2D eigenvalue weighted by atomic mass is 32.1. The van der Waals surface area contributed by atoms with Gasteiger partial charge in [0.25, 0.3) is 5.91 Å². The Hall–Kier alpha value is -1.99. The Morgan fingerprint density at radius 3 is 2.77 bits per heavy atom. The van der Waals surface area contributed by atoms with Gasteiger partial charge in [-0.25, -0.2) is 9.97 Å². The number of nitrogens with one attached hydrogen (secondary N) is 2. The normalized spacial score (nSPS) is 12.0. The van der Waals surface area contributed by atoms with E-state index in [0.717, 1.165) is 5.01 Å². The molecule has 0 aromatic carbocycles. The van der Waals surface area contributed by atoms with Crippen LogP contribution in [0.15, 0.2) is 24.5 Å². The van der Waals surface area contributed by atoms with Crippen LogP contribution in [-0.4, -0.2) is 36.1 Å². The fourth-order valence-electron chi connectivity index (χ4n) is 1.84. The first kappa shape index (κ1) is 16.4. The Labute approximate surface area is 133 Å². The Balaban J connectivity index is 1.92. The molecule has 0 radical (unpaired) electrons. The van der Waals surface area contributed by atoms with Crippen LogP contribution in [-0.2, 0) is 4.74 Å². The number of rotatable bonds is 7. The third-order valence-electron chi connectivity index (χ3n) is 2.99. The van der Waals surface area contributed by atoms with Crippen molar-refractivity contribution in [1.29, 1.82) is 0 Å². The van der Waals surface area contributed by atoms with Crippen molar-refractivity contribution in [2.75, 3.05) is 25.6 Å². The van der Waals surface area contributed by atoms with Crippen molar-refractivity contribution in [1.82, 2.24) is 15.3 Å². The van der Waals surface area contributed by atoms with Gasteiger partial charge in [-0.05, 0) is 26.0 Å². The number of pyridine rings is 1. The molecular formula is C15H20N4O2S. The average molecular weight is 320 g/mol. The second-order valence-corrected chi connectivity index (χ2v) is 6.12. The SMILES string of the molecule is COCCNC(=O)c1ccc(NC(C)c2ncc(C)s2)nc1. The second kappa shape index (κ2) is 7.86. The highest BCUT2D eigenvalue weighted by Gasteiger charge is 2.11. The van der Waals surface area contributed by atoms with Crippen LogP contribution in [0.5, 0.6) is 0 Å². The number of aryl methyl sites for hydroxylation is 1. The molecule has 0 fully saturated rings. The van der Waals surface area contributed by atoms with Gasteiger partial charge in [-0.3, -0.25) is 4.79 Å². The molecule has 7 heteroatoms. The number of amides is 1. The number of carbonyl (C=O) groups excluding carboxylic acids is 1. The maximum absolute atomic E-state index is 11.8. The van der Waals surface area contributed by atoms with E-state index in [0.29, 0.717) is 24.5 Å². The minimum Gasteiger partial charge on any atom is -0.383 e. The summed E-state index contributed by atoms with van der Waals surface area (Å²) in [5.74, 6) is 0.563. The lowest BCUT2D eigenvalue weighted by molar-refractivity contribution is 0.0937. The molecule has 0 saturated heterocycles. The van der Waals surface area contributed by atoms with Gasteiger partial charge in [0.15, 0.2) is 0 Å². The van der Waals surface area contributed by atoms with Crippen LogP contribution in [0.2, 0.25) is 0 Å². The molecule has 2 aromatic heterocycles. The van der Waals surface area contributed by atoms with E-state index in [9.17, 15) is 4.79 Å². The molecule has 22 heavy (non-hydrogen) atoms. The number of methoxy groups -OCH3 is 1. The van der Waals surface area contributed by atoms with Crippen LogP contribution in [0.1, 0.15) is 33.2 Å². The van der Waals surface area contributed by atoms with Crippen LogP contribution >= 0.6 is 11.3 Å². The van der Waals surface area contributed by atoms with Gasteiger partial charge in [0.2, 0.25) is 0 Å². The summed E-state index contributed by atoms with van der Waals surface area (Å²) in [5.41, 5.74) is 0.527. The molecule has 1 atom stereocenters. The first-order chi connectivity index (χ1) is 10.6. The van der Waals surface area contributed by atoms with Crippen LogP contribution in [0.4, 0.5) is 5.82 Å². The average Bonchev–Trinajstić information content (AvgIpc) is 2.95. The lowest BCUT2D eigenvalue weighted by Crippen LogP contribution is -2.27. The molecule has 2 N–H and O–H groups in total. The number of anilines is 1. The minimum atomic E-state index is -0.153. The number of hydrogen-bond donors (Lipinski definition) is 2. The monoisotopic (exact) mass is 320 g/mol. The van der Waals surface area contributed by atoms with Crippen molar-refractivity contribution in [2.45, 2.75) is 19.9 Å². The van der Waals surface area contributed by atoms with Gasteiger partial charge in [-0.1, -0.05) is 0 Å². The third kappa shape index (κ3) is 4.51. The Morgan fingerprint density at radius 1 is 1.36 bits per heavy atom. The van der Waals surface area contributed by atoms with E-state index in [1.807, 2.05) is 20.0 Å². The first-order valence-electron chi connectivity index (χ1n) is 7.02. The molecule has 2 heterocycles. The molecule has 2 rings (SSSR count). The van der Waals surface area contributed by atoms with Crippen LogP contribution in [0, 0.1) is 6.92 Å². The number of hydrogen-bond acceptors (Lipinski definition) is 6. The van der Waals surface area contributed by atoms with Crippen LogP contribution in [0.25, 0.3) is 0 Å². The molecule has 6 nitrogen and oxygen atoms in total. The maximum atomic E-state index is 11.8. The lowest BCUT2D eigenvalue weighted by atomic mass is 10.2. The molecule has 118 valence electrons. The van der Waals surface area contributed by atoms with E-state index < -0.39 is 0 Å². The predicted molar refractivity (Wildman–Crippen MR) is 87.3 cm³/mol. The summed E-state index contributed by atoms with van der Waals surface area (Å²) in [4.78, 5) is 21.6. The van der Waals surface area contributed by atoms with E-state index >= 15 is 0 Å². The zero-order chi connectivity index (χ0) is 15.9. The quantitative estimate of drug-likeness (QED) is 0.766. The van der Waals surface area contributed by atoms with Gasteiger partial charge >= 0.3 is 0 Å². The molecule has 2 aromatic rings. The summed E-state index contributed by atoms with van der Waals surface area (Å²) in [7, 11) is 1.60. The van der Waals surface area contributed by atoms with Crippen LogP contribution in [0.3, 0.4) is 0 Å². The summed E-state index contributed by atoms with van der Waals surface area (Å²) in [5, 5.41) is 7.05. The van der Waals surface area contributed by atoms with E-state index in [1.165, 1.54) is 4.88 Å². The van der Waals surface area contributed by atoms with E-state index in [2.05, 4.69) is 20.6 Å². The van der Waals surface area contributed by atoms with Gasteiger partial charge in [0, 0.05) is 30.9 Å². The molecular weight excluding hydrogens is 300 g/mol. The predicted octanol–water partition coefficient (Wildman–Crippen LogP) is 2.40. The zero-order valence-corrected chi connectivity index (χ0v) is 13.7. The maximum Gasteiger partial charge on any atom is 0.252 e. The smallest absolute Gasteiger partial charge is 0.252 e. The van der Waals surface area contributed by atoms with Gasteiger partial charge in [0.1, 0.15) is 10.8 Å². The molecule has 0 saturated carbocycles. The standard InChI is InChI=1S/C15H20N4O2S/c1-10-8-18-15(22-10)11(2)19-13-5-4-12(9-17-13)14(20)16-6-7-21-3/h4-5,8-9,11H,6-7H2,1-3H3,(H,16,20)(H,17,19). The zero-order valence-electron chi connectivity index (χ0n) is 12.9. The fraction of sp³-hybridized carbons (Fsp3) is 0.400. The van der Waals surface area contributed by atoms with E-state index in [4.69, 9.17) is 4.74 Å². The Bertz CT molecular complexity index is 612. The summed E-state index contributed by atoms with van der Waals surface area (Å²) < 4.78 is 4.89. The van der Waals surface area contributed by atoms with Gasteiger partial charge < -0.3 is 15.4 Å². The van der Waals surface area contributed by atoms with Crippen molar-refractivity contribution in [2.24, 2.45) is 0 Å². The summed E-state index contributed by atoms with van der Waals surface area (Å²) in [6, 6.07) is 3.62. The molecule has 0 spiro atoms. The van der Waals surface area contributed by atoms with E-state index in [1.54, 1.807) is 36.8 Å². The number of thiazole rings is 1. The minimum absolute atomic E-state index is 0.0765. The van der Waals surface area contributed by atoms with Crippen LogP contribution < -0.4 is 10.6 Å². The molecule has 1 amide bonds. The number of nitrogens with zero attached hydrogens (tertiary/aromatic N) is 2. The van der Waals surface area contributed by atoms with Crippen molar-refractivity contribution in [3.63, 3.8) is 0 Å². The first-order valence-corrected chi connectivity index (χ1v) is 7.84. The molecule has 0 aliphatic carbocycles. The van der Waals surface area contributed by atoms with Crippen molar-refractivity contribution < 1.29 is 9.53 Å². The Morgan fingerprint density at radius 2 is 2.18 bits per heavy atom. The van der Waals surface area contributed by atoms with Crippen molar-refractivity contribution in [3.8, 4) is 0 Å². The number of carbonyl (C=O) groups is 1. The summed E-state index contributed by atoms with van der Waals surface area (Å²) in [6.45, 7) is 5.04. The topological polar surface area (TPSA) is 76.1 Å². The Kier molecular flexibility index (Phi) is 5.85. The lowest BCUT2D eigenvalue weighted by Gasteiger charge is -2.12. The van der Waals surface area contributed by atoms with Gasteiger partial charge in [-0.15, -0.1) is 11.3 Å². The summed E-state index contributed by atoms with van der Waals surface area (Å²) in [6.07, 6.45) is 3.42. The molecule has 0 bridgehead atoms. The number of ether oxygens (including phenoxy) is 1. The third-order valence-corrected chi connectivity index (χ3v) is 4.09. The van der Waals surface area contributed by atoms with E-state index in [-0.39, 0.29) is 11.9 Å².